The Hall–Kier alpha value is -4.34. The number of carboxylic acids is 1. The Morgan fingerprint density at radius 2 is 1.37 bits per heavy atom. The van der Waals surface area contributed by atoms with Crippen molar-refractivity contribution in [3.63, 3.8) is 0 Å². The van der Waals surface area contributed by atoms with Gasteiger partial charge in [0.05, 0.1) is 18.5 Å². The van der Waals surface area contributed by atoms with Crippen molar-refractivity contribution in [1.29, 1.82) is 0 Å². The summed E-state index contributed by atoms with van der Waals surface area (Å²) in [5, 5.41) is 22.5. The number of nitrogens with zero attached hydrogens (tertiary/aromatic N) is 4. The highest BCUT2D eigenvalue weighted by molar-refractivity contribution is 7.99. The molecule has 23 nitrogen and oxygen atoms in total. The second-order valence-electron chi connectivity index (χ2n) is 16.3. The molecule has 27 heteroatoms. The first-order chi connectivity index (χ1) is 30.3. The molecule has 65 heavy (non-hydrogen) atoms. The molecule has 1 aliphatic rings. The summed E-state index contributed by atoms with van der Waals surface area (Å²) in [4.78, 5) is 117. The van der Waals surface area contributed by atoms with Gasteiger partial charge >= 0.3 is 5.97 Å². The predicted octanol–water partition coefficient (Wildman–Crippen LogP) is -3.27. The summed E-state index contributed by atoms with van der Waals surface area (Å²) in [6, 6.07) is -8.11. The first-order valence-electron chi connectivity index (χ1n) is 20.9. The van der Waals surface area contributed by atoms with E-state index < -0.39 is 101 Å². The Bertz CT molecular complexity index is 1700. The van der Waals surface area contributed by atoms with Crippen LogP contribution >= 0.6 is 48.8 Å². The number of guanidine groups is 2. The number of nitrogens with one attached hydrogen (secondary N) is 5. The fourth-order valence-corrected chi connectivity index (χ4v) is 8.19. The average Bonchev–Trinajstić information content (AvgIpc) is 3.72. The van der Waals surface area contributed by atoms with Crippen molar-refractivity contribution >= 4 is 108 Å². The third kappa shape index (κ3) is 21.7. The number of thiol groups is 2. The number of hydrogen-bond acceptors (Lipinski definition) is 15. The van der Waals surface area contributed by atoms with Gasteiger partial charge in [-0.3, -0.25) is 43.5 Å². The lowest BCUT2D eigenvalue weighted by atomic mass is 10.0. The molecule has 0 aromatic heterocycles. The molecule has 16 N–H and O–H groups in total. The van der Waals surface area contributed by atoms with E-state index in [4.69, 9.17) is 28.7 Å². The number of likely N-dealkylation sites (N-methyl/N-ethyl adjacent to an activating group) is 1. The maximum atomic E-state index is 14.2. The number of aliphatic imine (C=N–C) groups is 2. The monoisotopic (exact) mass is 994 g/mol. The van der Waals surface area contributed by atoms with Gasteiger partial charge in [0.25, 0.3) is 0 Å². The van der Waals surface area contributed by atoms with Gasteiger partial charge in [0, 0.05) is 36.4 Å². The first-order valence-corrected chi connectivity index (χ1v) is 24.5. The van der Waals surface area contributed by atoms with Crippen LogP contribution in [0.25, 0.3) is 0 Å². The number of amides is 7. The number of carbonyl (C=O) groups is 8. The number of hydrogen-bond donors (Lipinski definition) is 13. The topological polar surface area (TPSA) is 378 Å². The highest BCUT2D eigenvalue weighted by Gasteiger charge is 2.41. The maximum Gasteiger partial charge on any atom is 0.327 e. The zero-order chi connectivity index (χ0) is 49.6. The smallest absolute Gasteiger partial charge is 0.327 e. The maximum absolute atomic E-state index is 14.2. The molecule has 1 heterocycles. The van der Waals surface area contributed by atoms with E-state index in [2.05, 4.69) is 61.8 Å². The fraction of sp³-hybridized carbons (Fsp3) is 0.737. The van der Waals surface area contributed by atoms with E-state index >= 15 is 0 Å². The molecule has 1 rings (SSSR count). The van der Waals surface area contributed by atoms with Crippen LogP contribution in [0.5, 0.6) is 0 Å². The molecule has 7 amide bonds. The van der Waals surface area contributed by atoms with Crippen LogP contribution in [0.1, 0.15) is 66.2 Å². The van der Waals surface area contributed by atoms with Gasteiger partial charge in [-0.1, -0.05) is 13.8 Å². The van der Waals surface area contributed by atoms with Crippen molar-refractivity contribution < 1.29 is 43.5 Å². The van der Waals surface area contributed by atoms with E-state index in [9.17, 15) is 43.5 Å². The average molecular weight is 995 g/mol. The predicted molar refractivity (Wildman–Crippen MR) is 260 cm³/mol. The second kappa shape index (κ2) is 29.3. The molecular formula is C38H70N14O9S4. The Kier molecular flexibility index (Phi) is 26.5. The minimum Gasteiger partial charge on any atom is -0.480 e. The van der Waals surface area contributed by atoms with Gasteiger partial charge < -0.3 is 70.2 Å². The van der Waals surface area contributed by atoms with Gasteiger partial charge in [-0.25, -0.2) is 4.79 Å². The van der Waals surface area contributed by atoms with Gasteiger partial charge in [0.15, 0.2) is 11.9 Å². The lowest BCUT2D eigenvalue weighted by molar-refractivity contribution is -0.142. The van der Waals surface area contributed by atoms with Crippen LogP contribution in [0.4, 0.5) is 0 Å². The minimum atomic E-state index is -1.32. The molecule has 0 aromatic rings. The van der Waals surface area contributed by atoms with Crippen molar-refractivity contribution in [3.8, 4) is 0 Å². The number of thioether (sulfide) groups is 2. The van der Waals surface area contributed by atoms with Crippen LogP contribution < -0.4 is 55.3 Å². The summed E-state index contributed by atoms with van der Waals surface area (Å²) in [5.41, 5.74) is 28.0. The van der Waals surface area contributed by atoms with Gasteiger partial charge in [-0.15, -0.1) is 11.8 Å². The summed E-state index contributed by atoms with van der Waals surface area (Å²) in [5.74, 6) is -5.92. The lowest BCUT2D eigenvalue weighted by Crippen LogP contribution is -2.60. The normalized spacial score (nSPS) is 16.4. The largest absolute Gasteiger partial charge is 0.480 e. The molecule has 0 saturated carbocycles. The number of rotatable bonds is 29. The highest BCUT2D eigenvalue weighted by Crippen LogP contribution is 2.24. The van der Waals surface area contributed by atoms with E-state index in [-0.39, 0.29) is 86.8 Å². The first kappa shape index (κ1) is 58.7. The van der Waals surface area contributed by atoms with E-state index in [1.165, 1.54) is 35.5 Å². The minimum absolute atomic E-state index is 0.00391. The molecule has 1 saturated heterocycles. The molecule has 0 spiro atoms. The van der Waals surface area contributed by atoms with Crippen molar-refractivity contribution in [2.24, 2.45) is 44.6 Å². The van der Waals surface area contributed by atoms with E-state index in [1.54, 1.807) is 13.8 Å². The lowest BCUT2D eigenvalue weighted by Gasteiger charge is -2.31. The second-order valence-corrected chi connectivity index (χ2v) is 19.8. The summed E-state index contributed by atoms with van der Waals surface area (Å²) in [6.07, 6.45) is 2.65. The third-order valence-electron chi connectivity index (χ3n) is 9.79. The fourth-order valence-electron chi connectivity index (χ4n) is 6.19. The molecule has 0 bridgehead atoms. The van der Waals surface area contributed by atoms with E-state index in [0.717, 1.165) is 4.90 Å². The summed E-state index contributed by atoms with van der Waals surface area (Å²) in [6.45, 7) is 6.61. The Balaban J connectivity index is 3.43. The van der Waals surface area contributed by atoms with Gasteiger partial charge in [-0.2, -0.15) is 37.0 Å². The van der Waals surface area contributed by atoms with E-state index in [0.29, 0.717) is 5.75 Å². The molecule has 7 atom stereocenters. The number of carbonyl (C=O) groups excluding carboxylic acids is 7. The Morgan fingerprint density at radius 1 is 0.831 bits per heavy atom. The SMILES string of the molecule is CSCC[C@H](NC(=O)[C@@H](N)C(C)(C)S)C(=O)N1CSCC1C(=O)N[C@@H](CCCN=C(N)N)C(=O)N[C@@H](CC(C)C)C(=O)N[C@@H](CCCN=C(N)N)C(=O)N(C)CC(=O)N[C@@H](CS)C(=O)O. The standard InChI is InChI=1S/C38H70N14O9S4/c1-20(2)15-24(30(55)48-22(10-8-13-45-37(42)43)33(58)51(5)16-27(53)46-25(17-62)35(60)61)50-29(54)21(9-7-12-44-36(40)41)47-31(56)26-18-65-19-52(26)34(59)23(11-14-64-6)49-32(57)28(39)38(3,4)63/h20-26,28,62-63H,7-19,39H2,1-6H3,(H,46,53)(H,47,56)(H,48,55)(H,49,57)(H,50,54)(H,60,61)(H4,40,41,44)(H4,42,43,45)/t21-,22-,23-,24-,25-,26?,28+/m0/s1. The number of nitrogens with two attached hydrogens (primary N) is 5. The zero-order valence-electron chi connectivity index (χ0n) is 37.9. The van der Waals surface area contributed by atoms with Crippen molar-refractivity contribution in [2.75, 3.05) is 56.1 Å². The van der Waals surface area contributed by atoms with Crippen molar-refractivity contribution in [1.82, 2.24) is 36.4 Å². The Morgan fingerprint density at radius 3 is 1.88 bits per heavy atom. The molecular weight excluding hydrogens is 925 g/mol. The molecule has 0 radical (unpaired) electrons. The van der Waals surface area contributed by atoms with Gasteiger partial charge in [-0.05, 0) is 70.3 Å². The van der Waals surface area contributed by atoms with Crippen LogP contribution in [0.2, 0.25) is 0 Å². The van der Waals surface area contributed by atoms with Gasteiger partial charge in [0.2, 0.25) is 41.4 Å². The highest BCUT2D eigenvalue weighted by atomic mass is 32.2. The molecule has 370 valence electrons. The summed E-state index contributed by atoms with van der Waals surface area (Å²) < 4.78 is -0.887. The van der Waals surface area contributed by atoms with Crippen LogP contribution in [0.15, 0.2) is 9.98 Å². The quantitative estimate of drug-likeness (QED) is 0.0151. The van der Waals surface area contributed by atoms with E-state index in [1.807, 2.05) is 20.1 Å². The third-order valence-corrected chi connectivity index (χ3v) is 12.1. The summed E-state index contributed by atoms with van der Waals surface area (Å²) in [7, 11) is 1.30. The number of carboxylic acid groups (broad SMARTS) is 1. The van der Waals surface area contributed by atoms with Crippen LogP contribution in [0, 0.1) is 5.92 Å². The molecule has 1 fully saturated rings. The van der Waals surface area contributed by atoms with Gasteiger partial charge in [0.1, 0.15) is 36.3 Å². The molecule has 0 aromatic carbocycles. The summed E-state index contributed by atoms with van der Waals surface area (Å²) >= 11 is 11.1. The Labute approximate surface area is 400 Å². The van der Waals surface area contributed by atoms with Crippen molar-refractivity contribution in [2.45, 2.75) is 113 Å². The van der Waals surface area contributed by atoms with Crippen LogP contribution in [0.3, 0.4) is 0 Å². The molecule has 0 aliphatic carbocycles. The molecule has 1 unspecified atom stereocenters. The number of aliphatic carboxylic acids is 1. The molecule has 1 aliphatic heterocycles. The van der Waals surface area contributed by atoms with Crippen LogP contribution in [-0.2, 0) is 38.4 Å². The zero-order valence-corrected chi connectivity index (χ0v) is 41.3. The van der Waals surface area contributed by atoms with Crippen molar-refractivity contribution in [3.05, 3.63) is 0 Å². The van der Waals surface area contributed by atoms with Crippen LogP contribution in [-0.4, -0.2) is 177 Å².